The summed E-state index contributed by atoms with van der Waals surface area (Å²) in [6.07, 6.45) is -7.13. The number of ether oxygens (including phenoxy) is 1. The number of hydrogen-bond donors (Lipinski definition) is 0. The smallest absolute Gasteiger partial charge is 0.387 e. The minimum Gasteiger partial charge on any atom is -0.387 e. The molecule has 1 rings (SSSR count). The number of pyridine rings is 1. The second-order valence-corrected chi connectivity index (χ2v) is 2.25. The summed E-state index contributed by atoms with van der Waals surface area (Å²) in [5.74, 6) is -1.12. The first-order chi connectivity index (χ1) is 6.40. The summed E-state index contributed by atoms with van der Waals surface area (Å²) in [4.78, 5) is 3.06. The minimum absolute atomic E-state index is 0.818. The molecule has 0 unspecified atom stereocenters. The Labute approximate surface area is 75.3 Å². The van der Waals surface area contributed by atoms with Crippen LogP contribution in [0.3, 0.4) is 0 Å². The molecule has 0 aliphatic heterocycles. The van der Waals surface area contributed by atoms with Crippen LogP contribution in [0, 0.1) is 0 Å². The molecule has 0 saturated heterocycles. The van der Waals surface area contributed by atoms with Gasteiger partial charge in [0.2, 0.25) is 5.88 Å². The SMILES string of the molecule is FC(F)c1cccnc1OC(F)(F)F. The van der Waals surface area contributed by atoms with E-state index in [1.165, 1.54) is 0 Å². The largest absolute Gasteiger partial charge is 0.574 e. The molecule has 0 aliphatic carbocycles. The van der Waals surface area contributed by atoms with Crippen LogP contribution in [0.2, 0.25) is 0 Å². The van der Waals surface area contributed by atoms with E-state index in [2.05, 4.69) is 9.72 Å². The molecule has 0 aliphatic rings. The molecule has 0 spiro atoms. The molecule has 78 valence electrons. The monoisotopic (exact) mass is 213 g/mol. The standard InChI is InChI=1S/C7H4F5NO/c8-5(9)4-2-1-3-13-6(4)14-7(10,11)12/h1-3,5H. The second kappa shape index (κ2) is 3.77. The van der Waals surface area contributed by atoms with Crippen LogP contribution < -0.4 is 4.74 Å². The zero-order valence-corrected chi connectivity index (χ0v) is 6.55. The Balaban J connectivity index is 2.96. The number of rotatable bonds is 2. The highest BCUT2D eigenvalue weighted by Gasteiger charge is 2.33. The zero-order chi connectivity index (χ0) is 10.8. The van der Waals surface area contributed by atoms with Gasteiger partial charge >= 0.3 is 6.36 Å². The van der Waals surface area contributed by atoms with Crippen molar-refractivity contribution >= 4 is 0 Å². The Hall–Kier alpha value is -1.40. The van der Waals surface area contributed by atoms with Crippen molar-refractivity contribution in [3.05, 3.63) is 23.9 Å². The fourth-order valence-corrected chi connectivity index (χ4v) is 0.764. The molecule has 0 fully saturated rings. The molecule has 0 radical (unpaired) electrons. The van der Waals surface area contributed by atoms with E-state index >= 15 is 0 Å². The molecule has 0 N–H and O–H groups in total. The van der Waals surface area contributed by atoms with Crippen LogP contribution in [0.1, 0.15) is 12.0 Å². The van der Waals surface area contributed by atoms with E-state index in [4.69, 9.17) is 0 Å². The highest BCUT2D eigenvalue weighted by molar-refractivity contribution is 5.26. The van der Waals surface area contributed by atoms with Crippen LogP contribution in [0.4, 0.5) is 22.0 Å². The molecule has 0 bridgehead atoms. The second-order valence-electron chi connectivity index (χ2n) is 2.25. The Morgan fingerprint density at radius 1 is 1.29 bits per heavy atom. The van der Waals surface area contributed by atoms with Crippen LogP contribution in [-0.4, -0.2) is 11.3 Å². The lowest BCUT2D eigenvalue weighted by atomic mass is 10.3. The zero-order valence-electron chi connectivity index (χ0n) is 6.55. The van der Waals surface area contributed by atoms with Crippen LogP contribution in [0.5, 0.6) is 5.88 Å². The van der Waals surface area contributed by atoms with Crippen LogP contribution >= 0.6 is 0 Å². The van der Waals surface area contributed by atoms with Gasteiger partial charge in [-0.3, -0.25) is 0 Å². The highest BCUT2D eigenvalue weighted by Crippen LogP contribution is 2.30. The number of aromatic nitrogens is 1. The molecule has 0 aromatic carbocycles. The number of nitrogens with zero attached hydrogens (tertiary/aromatic N) is 1. The molecule has 1 aromatic rings. The fourth-order valence-electron chi connectivity index (χ4n) is 0.764. The third-order valence-corrected chi connectivity index (χ3v) is 1.25. The molecule has 0 amide bonds. The van der Waals surface area contributed by atoms with Crippen molar-refractivity contribution in [2.24, 2.45) is 0 Å². The predicted molar refractivity (Wildman–Crippen MR) is 35.9 cm³/mol. The number of halogens is 5. The maximum absolute atomic E-state index is 12.1. The molecule has 14 heavy (non-hydrogen) atoms. The minimum atomic E-state index is -5.02. The topological polar surface area (TPSA) is 22.1 Å². The fraction of sp³-hybridized carbons (Fsp3) is 0.286. The van der Waals surface area contributed by atoms with E-state index < -0.39 is 24.2 Å². The van der Waals surface area contributed by atoms with Gasteiger partial charge in [-0.25, -0.2) is 13.8 Å². The van der Waals surface area contributed by atoms with Crippen molar-refractivity contribution in [1.29, 1.82) is 0 Å². The Bertz CT molecular complexity index is 311. The van der Waals surface area contributed by atoms with Crippen molar-refractivity contribution in [2.75, 3.05) is 0 Å². The molecule has 7 heteroatoms. The lowest BCUT2D eigenvalue weighted by Gasteiger charge is -2.10. The predicted octanol–water partition coefficient (Wildman–Crippen LogP) is 2.92. The van der Waals surface area contributed by atoms with Crippen LogP contribution in [0.25, 0.3) is 0 Å². The van der Waals surface area contributed by atoms with Crippen LogP contribution in [-0.2, 0) is 0 Å². The van der Waals surface area contributed by atoms with Gasteiger partial charge in [0.25, 0.3) is 6.43 Å². The Morgan fingerprint density at radius 3 is 2.43 bits per heavy atom. The maximum Gasteiger partial charge on any atom is 0.574 e. The Kier molecular flexibility index (Phi) is 2.87. The number of alkyl halides is 5. The highest BCUT2D eigenvalue weighted by atomic mass is 19.4. The van der Waals surface area contributed by atoms with Crippen molar-refractivity contribution < 1.29 is 26.7 Å². The summed E-state index contributed by atoms with van der Waals surface area (Å²) in [6.45, 7) is 0. The van der Waals surface area contributed by atoms with Crippen molar-refractivity contribution in [1.82, 2.24) is 4.98 Å². The summed E-state index contributed by atoms with van der Waals surface area (Å²) in [5.41, 5.74) is -0.884. The summed E-state index contributed by atoms with van der Waals surface area (Å²) in [7, 11) is 0. The lowest BCUT2D eigenvalue weighted by Crippen LogP contribution is -2.19. The van der Waals surface area contributed by atoms with Gasteiger partial charge in [0, 0.05) is 6.20 Å². The van der Waals surface area contributed by atoms with Crippen molar-refractivity contribution in [3.63, 3.8) is 0 Å². The van der Waals surface area contributed by atoms with Crippen molar-refractivity contribution in [3.8, 4) is 5.88 Å². The molecule has 2 nitrogen and oxygen atoms in total. The molecule has 1 aromatic heterocycles. The average Bonchev–Trinajstić information content (AvgIpc) is 2.01. The van der Waals surface area contributed by atoms with E-state index in [1.54, 1.807) is 0 Å². The summed E-state index contributed by atoms with van der Waals surface area (Å²) in [5, 5.41) is 0. The lowest BCUT2D eigenvalue weighted by molar-refractivity contribution is -0.276. The van der Waals surface area contributed by atoms with Gasteiger partial charge in [-0.1, -0.05) is 0 Å². The van der Waals surface area contributed by atoms with E-state index in [1.807, 2.05) is 0 Å². The third kappa shape index (κ3) is 2.82. The normalized spacial score (nSPS) is 11.9. The summed E-state index contributed by atoms with van der Waals surface area (Å²) in [6, 6.07) is 1.92. The quantitative estimate of drug-likeness (QED) is 0.704. The first-order valence-corrected chi connectivity index (χ1v) is 3.39. The first kappa shape index (κ1) is 10.7. The summed E-state index contributed by atoms with van der Waals surface area (Å²) < 4.78 is 62.6. The molecule has 0 atom stereocenters. The van der Waals surface area contributed by atoms with Gasteiger partial charge in [0.05, 0.1) is 5.56 Å². The van der Waals surface area contributed by atoms with Gasteiger partial charge in [-0.05, 0) is 12.1 Å². The van der Waals surface area contributed by atoms with Gasteiger partial charge in [0.15, 0.2) is 0 Å². The van der Waals surface area contributed by atoms with E-state index in [0.717, 1.165) is 18.3 Å². The van der Waals surface area contributed by atoms with E-state index in [-0.39, 0.29) is 0 Å². The van der Waals surface area contributed by atoms with Crippen LogP contribution in [0.15, 0.2) is 18.3 Å². The van der Waals surface area contributed by atoms with Gasteiger partial charge in [-0.2, -0.15) is 0 Å². The van der Waals surface area contributed by atoms with Gasteiger partial charge in [0.1, 0.15) is 0 Å². The average molecular weight is 213 g/mol. The maximum atomic E-state index is 12.1. The molecule has 1 heterocycles. The van der Waals surface area contributed by atoms with E-state index in [9.17, 15) is 22.0 Å². The van der Waals surface area contributed by atoms with Gasteiger partial charge < -0.3 is 4.74 Å². The number of hydrogen-bond acceptors (Lipinski definition) is 2. The van der Waals surface area contributed by atoms with Gasteiger partial charge in [-0.15, -0.1) is 13.2 Å². The first-order valence-electron chi connectivity index (χ1n) is 3.39. The Morgan fingerprint density at radius 2 is 1.93 bits per heavy atom. The molecular weight excluding hydrogens is 209 g/mol. The summed E-state index contributed by atoms with van der Waals surface area (Å²) >= 11 is 0. The molecular formula is C7H4F5NO. The van der Waals surface area contributed by atoms with Crippen molar-refractivity contribution in [2.45, 2.75) is 12.8 Å². The third-order valence-electron chi connectivity index (χ3n) is 1.25. The van der Waals surface area contributed by atoms with E-state index in [0.29, 0.717) is 0 Å². The molecule has 0 saturated carbocycles.